The van der Waals surface area contributed by atoms with Crippen molar-refractivity contribution in [3.63, 3.8) is 0 Å². The van der Waals surface area contributed by atoms with E-state index in [1.807, 2.05) is 38.1 Å². The van der Waals surface area contributed by atoms with Gasteiger partial charge < -0.3 is 20.2 Å². The Morgan fingerprint density at radius 2 is 1.73 bits per heavy atom. The minimum absolute atomic E-state index is 0.267. The van der Waals surface area contributed by atoms with Crippen LogP contribution < -0.4 is 16.4 Å². The number of hydrogen-bond acceptors (Lipinski definition) is 3. The summed E-state index contributed by atoms with van der Waals surface area (Å²) in [5, 5.41) is 2.82. The van der Waals surface area contributed by atoms with E-state index in [0.717, 1.165) is 16.7 Å². The summed E-state index contributed by atoms with van der Waals surface area (Å²) >= 11 is 0. The molecule has 3 aromatic rings. The third-order valence-corrected chi connectivity index (χ3v) is 4.44. The lowest BCUT2D eigenvalue weighted by Gasteiger charge is -2.21. The molecule has 0 aliphatic carbocycles. The van der Waals surface area contributed by atoms with E-state index in [1.54, 1.807) is 19.2 Å². The fourth-order valence-corrected chi connectivity index (χ4v) is 2.82. The second kappa shape index (κ2) is 6.87. The Kier molecular flexibility index (Phi) is 4.62. The van der Waals surface area contributed by atoms with Gasteiger partial charge in [0.2, 0.25) is 0 Å². The van der Waals surface area contributed by atoms with E-state index < -0.39 is 11.1 Å². The van der Waals surface area contributed by atoms with Gasteiger partial charge in [-0.3, -0.25) is 9.59 Å². The minimum atomic E-state index is -0.710. The minimum Gasteiger partial charge on any atom is -0.323 e. The van der Waals surface area contributed by atoms with Crippen LogP contribution in [0.3, 0.4) is 0 Å². The summed E-state index contributed by atoms with van der Waals surface area (Å²) in [5.74, 6) is 0. The standard InChI is InChI=1S/C19H20N4O3/c1-11-9-15-16(22-18(25)17(24)21-15)14(12(11)2)10-23(3)19(26)20-13-7-5-4-6-8-13/h4-9H,10H2,1-3H3,(H,20,26)(H,21,24)(H,22,25). The number of nitrogens with one attached hydrogen (secondary N) is 3. The van der Waals surface area contributed by atoms with Gasteiger partial charge in [-0.05, 0) is 43.2 Å². The van der Waals surface area contributed by atoms with E-state index in [9.17, 15) is 14.4 Å². The van der Waals surface area contributed by atoms with Gasteiger partial charge in [-0.2, -0.15) is 0 Å². The van der Waals surface area contributed by atoms with Crippen molar-refractivity contribution in [2.75, 3.05) is 12.4 Å². The zero-order chi connectivity index (χ0) is 18.8. The Morgan fingerprint density at radius 1 is 1.08 bits per heavy atom. The number of aromatic nitrogens is 2. The number of urea groups is 1. The predicted molar refractivity (Wildman–Crippen MR) is 102 cm³/mol. The van der Waals surface area contributed by atoms with Crippen LogP contribution in [0.2, 0.25) is 0 Å². The fraction of sp³-hybridized carbons (Fsp3) is 0.211. The van der Waals surface area contributed by atoms with Crippen LogP contribution in [0.15, 0.2) is 46.0 Å². The van der Waals surface area contributed by atoms with Crippen LogP contribution in [0, 0.1) is 13.8 Å². The van der Waals surface area contributed by atoms with E-state index in [1.165, 1.54) is 4.90 Å². The van der Waals surface area contributed by atoms with Crippen molar-refractivity contribution in [3.8, 4) is 0 Å². The molecule has 7 heteroatoms. The third-order valence-electron chi connectivity index (χ3n) is 4.44. The quantitative estimate of drug-likeness (QED) is 0.632. The summed E-state index contributed by atoms with van der Waals surface area (Å²) in [6.45, 7) is 4.13. The molecule has 134 valence electrons. The van der Waals surface area contributed by atoms with Crippen molar-refractivity contribution in [1.29, 1.82) is 0 Å². The molecule has 7 nitrogen and oxygen atoms in total. The molecular weight excluding hydrogens is 332 g/mol. The number of hydrogen-bond donors (Lipinski definition) is 3. The van der Waals surface area contributed by atoms with Gasteiger partial charge in [0.05, 0.1) is 11.0 Å². The molecule has 26 heavy (non-hydrogen) atoms. The fourth-order valence-electron chi connectivity index (χ4n) is 2.82. The van der Waals surface area contributed by atoms with E-state index in [4.69, 9.17) is 0 Å². The van der Waals surface area contributed by atoms with E-state index in [0.29, 0.717) is 16.7 Å². The molecular formula is C19H20N4O3. The molecule has 0 saturated heterocycles. The van der Waals surface area contributed by atoms with Crippen LogP contribution in [0.5, 0.6) is 0 Å². The van der Waals surface area contributed by atoms with Crippen molar-refractivity contribution >= 4 is 22.8 Å². The molecule has 0 aliphatic heterocycles. The van der Waals surface area contributed by atoms with Crippen molar-refractivity contribution in [2.45, 2.75) is 20.4 Å². The Hall–Kier alpha value is -3.35. The number of amides is 2. The number of rotatable bonds is 3. The highest BCUT2D eigenvalue weighted by Gasteiger charge is 2.16. The van der Waals surface area contributed by atoms with Crippen molar-refractivity contribution in [3.05, 3.63) is 73.8 Å². The second-order valence-electron chi connectivity index (χ2n) is 6.28. The normalized spacial score (nSPS) is 10.7. The topological polar surface area (TPSA) is 98.1 Å². The first kappa shape index (κ1) is 17.5. The molecule has 2 amide bonds. The SMILES string of the molecule is Cc1cc2[nH]c(=O)c(=O)[nH]c2c(CN(C)C(=O)Nc2ccccc2)c1C. The number of para-hydroxylation sites is 1. The molecule has 1 aromatic heterocycles. The molecule has 0 aliphatic rings. The van der Waals surface area contributed by atoms with Gasteiger partial charge in [0.25, 0.3) is 0 Å². The van der Waals surface area contributed by atoms with Crippen LogP contribution >= 0.6 is 0 Å². The van der Waals surface area contributed by atoms with Crippen molar-refractivity contribution in [2.24, 2.45) is 0 Å². The second-order valence-corrected chi connectivity index (χ2v) is 6.28. The summed E-state index contributed by atoms with van der Waals surface area (Å²) in [6, 6.07) is 10.7. The van der Waals surface area contributed by atoms with E-state index >= 15 is 0 Å². The first-order chi connectivity index (χ1) is 12.4. The highest BCUT2D eigenvalue weighted by molar-refractivity contribution is 5.89. The van der Waals surface area contributed by atoms with Gasteiger partial charge in [-0.25, -0.2) is 4.79 Å². The molecule has 0 spiro atoms. The molecule has 0 radical (unpaired) electrons. The lowest BCUT2D eigenvalue weighted by molar-refractivity contribution is 0.221. The molecule has 0 saturated carbocycles. The molecule has 1 heterocycles. The molecule has 3 N–H and O–H groups in total. The molecule has 0 fully saturated rings. The van der Waals surface area contributed by atoms with Crippen molar-refractivity contribution in [1.82, 2.24) is 14.9 Å². The number of fused-ring (bicyclic) bond motifs is 1. The maximum atomic E-state index is 12.5. The van der Waals surface area contributed by atoms with Crippen LogP contribution in [-0.4, -0.2) is 27.9 Å². The number of benzene rings is 2. The van der Waals surface area contributed by atoms with Gasteiger partial charge in [0.15, 0.2) is 0 Å². The maximum Gasteiger partial charge on any atom is 0.321 e. The highest BCUT2D eigenvalue weighted by Crippen LogP contribution is 2.23. The van der Waals surface area contributed by atoms with E-state index in [-0.39, 0.29) is 12.6 Å². The van der Waals surface area contributed by atoms with Crippen LogP contribution in [-0.2, 0) is 6.54 Å². The Labute approximate surface area is 149 Å². The summed E-state index contributed by atoms with van der Waals surface area (Å²) in [4.78, 5) is 42.6. The average Bonchev–Trinajstić information content (AvgIpc) is 2.61. The third kappa shape index (κ3) is 3.37. The van der Waals surface area contributed by atoms with Crippen LogP contribution in [0.1, 0.15) is 16.7 Å². The monoisotopic (exact) mass is 352 g/mol. The molecule has 2 aromatic carbocycles. The van der Waals surface area contributed by atoms with Crippen LogP contribution in [0.25, 0.3) is 11.0 Å². The smallest absolute Gasteiger partial charge is 0.321 e. The van der Waals surface area contributed by atoms with E-state index in [2.05, 4.69) is 15.3 Å². The van der Waals surface area contributed by atoms with Crippen LogP contribution in [0.4, 0.5) is 10.5 Å². The Bertz CT molecular complexity index is 1080. The number of aromatic amines is 2. The summed E-state index contributed by atoms with van der Waals surface area (Å²) in [6.07, 6.45) is 0. The predicted octanol–water partition coefficient (Wildman–Crippen LogP) is 2.50. The first-order valence-electron chi connectivity index (χ1n) is 8.19. The maximum absolute atomic E-state index is 12.5. The molecule has 0 unspecified atom stereocenters. The molecule has 0 atom stereocenters. The number of carbonyl (C=O) groups excluding carboxylic acids is 1. The molecule has 3 rings (SSSR count). The summed E-state index contributed by atoms with van der Waals surface area (Å²) in [5.41, 5.74) is 3.10. The van der Waals surface area contributed by atoms with Gasteiger partial charge in [-0.1, -0.05) is 18.2 Å². The Balaban J connectivity index is 1.96. The number of anilines is 1. The van der Waals surface area contributed by atoms with Gasteiger partial charge in [0.1, 0.15) is 0 Å². The molecule has 0 bridgehead atoms. The lowest BCUT2D eigenvalue weighted by Crippen LogP contribution is -2.32. The summed E-state index contributed by atoms with van der Waals surface area (Å²) < 4.78 is 0. The number of nitrogens with zero attached hydrogens (tertiary/aromatic N) is 1. The van der Waals surface area contributed by atoms with Gasteiger partial charge >= 0.3 is 17.1 Å². The highest BCUT2D eigenvalue weighted by atomic mass is 16.2. The Morgan fingerprint density at radius 3 is 2.42 bits per heavy atom. The van der Waals surface area contributed by atoms with Gasteiger partial charge in [0, 0.05) is 24.8 Å². The summed E-state index contributed by atoms with van der Waals surface area (Å²) in [7, 11) is 1.68. The number of aryl methyl sites for hydroxylation is 1. The number of carbonyl (C=O) groups is 1. The zero-order valence-corrected chi connectivity index (χ0v) is 14.8. The average molecular weight is 352 g/mol. The van der Waals surface area contributed by atoms with Crippen molar-refractivity contribution < 1.29 is 4.79 Å². The number of H-pyrrole nitrogens is 2. The lowest BCUT2D eigenvalue weighted by atomic mass is 10.0. The first-order valence-corrected chi connectivity index (χ1v) is 8.19. The largest absolute Gasteiger partial charge is 0.323 e. The zero-order valence-electron chi connectivity index (χ0n) is 14.8. The van der Waals surface area contributed by atoms with Gasteiger partial charge in [-0.15, -0.1) is 0 Å².